The topological polar surface area (TPSA) is 78.0 Å². The molecule has 0 bridgehead atoms. The molecule has 0 aliphatic carbocycles. The molecule has 2 amide bonds. The predicted octanol–water partition coefficient (Wildman–Crippen LogP) is 6.46. The summed E-state index contributed by atoms with van der Waals surface area (Å²) in [5.74, 6) is 0.629. The van der Waals surface area contributed by atoms with E-state index in [1.807, 2.05) is 54.6 Å². The molecule has 1 aliphatic rings. The molecule has 7 nitrogen and oxygen atoms in total. The molecule has 0 atom stereocenters. The average Bonchev–Trinajstić information content (AvgIpc) is 3.50. The molecule has 188 valence electrons. The molecule has 0 saturated heterocycles. The number of aromatic nitrogens is 1. The zero-order valence-corrected chi connectivity index (χ0v) is 21.7. The molecule has 1 aromatic heterocycles. The van der Waals surface area contributed by atoms with Gasteiger partial charge in [0.1, 0.15) is 0 Å². The Kier molecular flexibility index (Phi) is 5.81. The number of imide groups is 1. The maximum Gasteiger partial charge on any atom is 0.268 e. The highest BCUT2D eigenvalue weighted by Gasteiger charge is 2.39. The number of carbonyl (C=O) groups excluding carboxylic acids is 2. The van der Waals surface area contributed by atoms with E-state index in [4.69, 9.17) is 19.2 Å². The number of rotatable bonds is 6. The number of methoxy groups -OCH3 is 3. The molecule has 6 rings (SSSR count). The summed E-state index contributed by atoms with van der Waals surface area (Å²) in [6.45, 7) is 0. The van der Waals surface area contributed by atoms with E-state index in [-0.39, 0.29) is 11.8 Å². The zero-order valence-electron chi connectivity index (χ0n) is 20.8. The van der Waals surface area contributed by atoms with Gasteiger partial charge in [-0.25, -0.2) is 9.88 Å². The van der Waals surface area contributed by atoms with Crippen molar-refractivity contribution >= 4 is 39.1 Å². The monoisotopic (exact) mass is 522 g/mol. The number of anilines is 1. The number of nitrogens with zero attached hydrogens (tertiary/aromatic N) is 2. The standard InChI is InChI=1S/C30H22N2O5S/c1-35-23-15-18(16-24(36-2)26(23)37-3)25-27(20-14-8-10-17-9-4-5-11-19(17)20)38-30(31-25)32-28(33)21-12-6-7-13-22(21)29(32)34/h4-16H,1-3H3. The highest BCUT2D eigenvalue weighted by Crippen LogP contribution is 2.48. The van der Waals surface area contributed by atoms with Crippen LogP contribution in [0.2, 0.25) is 0 Å². The van der Waals surface area contributed by atoms with Crippen LogP contribution in [-0.2, 0) is 0 Å². The zero-order chi connectivity index (χ0) is 26.4. The predicted molar refractivity (Wildman–Crippen MR) is 148 cm³/mol. The Bertz CT molecular complexity index is 1680. The van der Waals surface area contributed by atoms with Gasteiger partial charge in [-0.1, -0.05) is 65.9 Å². The van der Waals surface area contributed by atoms with E-state index in [0.29, 0.717) is 44.8 Å². The highest BCUT2D eigenvalue weighted by atomic mass is 32.1. The quantitative estimate of drug-likeness (QED) is 0.238. The second kappa shape index (κ2) is 9.32. The first-order chi connectivity index (χ1) is 18.5. The van der Waals surface area contributed by atoms with Crippen molar-refractivity contribution < 1.29 is 23.8 Å². The first-order valence-electron chi connectivity index (χ1n) is 11.8. The van der Waals surface area contributed by atoms with E-state index < -0.39 is 0 Å². The van der Waals surface area contributed by atoms with Gasteiger partial charge < -0.3 is 14.2 Å². The van der Waals surface area contributed by atoms with Crippen LogP contribution in [0.25, 0.3) is 32.5 Å². The molecule has 0 N–H and O–H groups in total. The number of benzene rings is 4. The fraction of sp³-hybridized carbons (Fsp3) is 0.100. The minimum atomic E-state index is -0.389. The van der Waals surface area contributed by atoms with Crippen LogP contribution in [-0.4, -0.2) is 38.1 Å². The lowest BCUT2D eigenvalue weighted by atomic mass is 10.00. The Hall–Kier alpha value is -4.69. The van der Waals surface area contributed by atoms with Gasteiger partial charge in [0, 0.05) is 11.1 Å². The SMILES string of the molecule is COc1cc(-c2nc(N3C(=O)c4ccccc4C3=O)sc2-c2cccc3ccccc23)cc(OC)c1OC. The summed E-state index contributed by atoms with van der Waals surface area (Å²) in [6.07, 6.45) is 0. The third-order valence-electron chi connectivity index (χ3n) is 6.57. The van der Waals surface area contributed by atoms with Crippen LogP contribution >= 0.6 is 11.3 Å². The summed E-state index contributed by atoms with van der Waals surface area (Å²) < 4.78 is 16.7. The number of fused-ring (bicyclic) bond motifs is 2. The Labute approximate surface area is 222 Å². The minimum Gasteiger partial charge on any atom is -0.493 e. The fourth-order valence-electron chi connectivity index (χ4n) is 4.79. The number of carbonyl (C=O) groups is 2. The Morgan fingerprint density at radius 1 is 0.711 bits per heavy atom. The van der Waals surface area contributed by atoms with Crippen molar-refractivity contribution in [2.45, 2.75) is 0 Å². The van der Waals surface area contributed by atoms with Crippen molar-refractivity contribution in [1.29, 1.82) is 0 Å². The van der Waals surface area contributed by atoms with E-state index >= 15 is 0 Å². The number of thiazole rings is 1. The van der Waals surface area contributed by atoms with Gasteiger partial charge in [-0.3, -0.25) is 9.59 Å². The smallest absolute Gasteiger partial charge is 0.268 e. The molecular weight excluding hydrogens is 500 g/mol. The Morgan fingerprint density at radius 3 is 1.92 bits per heavy atom. The number of ether oxygens (including phenoxy) is 3. The first-order valence-corrected chi connectivity index (χ1v) is 12.6. The molecule has 38 heavy (non-hydrogen) atoms. The first kappa shape index (κ1) is 23.7. The van der Waals surface area contributed by atoms with Gasteiger partial charge >= 0.3 is 0 Å². The van der Waals surface area contributed by atoms with Gasteiger partial charge in [0.15, 0.2) is 11.5 Å². The molecule has 2 heterocycles. The summed E-state index contributed by atoms with van der Waals surface area (Å²) in [4.78, 5) is 33.5. The highest BCUT2D eigenvalue weighted by molar-refractivity contribution is 7.20. The lowest BCUT2D eigenvalue weighted by Crippen LogP contribution is -2.29. The van der Waals surface area contributed by atoms with Crippen molar-refractivity contribution in [3.8, 4) is 38.9 Å². The van der Waals surface area contributed by atoms with Crippen molar-refractivity contribution in [1.82, 2.24) is 4.98 Å². The third-order valence-corrected chi connectivity index (χ3v) is 7.65. The lowest BCUT2D eigenvalue weighted by Gasteiger charge is -2.14. The molecule has 0 saturated carbocycles. The summed E-state index contributed by atoms with van der Waals surface area (Å²) in [5.41, 5.74) is 2.97. The van der Waals surface area contributed by atoms with Crippen molar-refractivity contribution in [3.63, 3.8) is 0 Å². The number of hydrogen-bond acceptors (Lipinski definition) is 7. The van der Waals surface area contributed by atoms with Crippen LogP contribution < -0.4 is 19.1 Å². The van der Waals surface area contributed by atoms with Crippen molar-refractivity contribution in [2.75, 3.05) is 26.2 Å². The molecular formula is C30H22N2O5S. The largest absolute Gasteiger partial charge is 0.493 e. The van der Waals surface area contributed by atoms with Crippen molar-refractivity contribution in [2.24, 2.45) is 0 Å². The van der Waals surface area contributed by atoms with Gasteiger partial charge in [-0.2, -0.15) is 0 Å². The summed E-state index contributed by atoms with van der Waals surface area (Å²) >= 11 is 1.29. The van der Waals surface area contributed by atoms with E-state index in [2.05, 4.69) is 0 Å². The van der Waals surface area contributed by atoms with Crippen LogP contribution in [0, 0.1) is 0 Å². The van der Waals surface area contributed by atoms with Gasteiger partial charge in [-0.15, -0.1) is 0 Å². The van der Waals surface area contributed by atoms with Gasteiger partial charge in [0.2, 0.25) is 10.9 Å². The fourth-order valence-corrected chi connectivity index (χ4v) is 5.91. The van der Waals surface area contributed by atoms with Crippen molar-refractivity contribution in [3.05, 3.63) is 90.0 Å². The molecule has 0 spiro atoms. The normalized spacial score (nSPS) is 12.7. The summed E-state index contributed by atoms with van der Waals surface area (Å²) in [5, 5.41) is 2.39. The Balaban J connectivity index is 1.61. The average molecular weight is 523 g/mol. The minimum absolute atomic E-state index is 0.294. The molecule has 5 aromatic rings. The molecule has 8 heteroatoms. The van der Waals surface area contributed by atoms with Crippen LogP contribution in [0.5, 0.6) is 17.2 Å². The van der Waals surface area contributed by atoms with E-state index in [0.717, 1.165) is 26.1 Å². The number of amides is 2. The van der Waals surface area contributed by atoms with E-state index in [1.165, 1.54) is 11.3 Å². The molecule has 4 aromatic carbocycles. The lowest BCUT2D eigenvalue weighted by molar-refractivity contribution is 0.0926. The third kappa shape index (κ3) is 3.61. The summed E-state index contributed by atoms with van der Waals surface area (Å²) in [6, 6.07) is 24.6. The summed E-state index contributed by atoms with van der Waals surface area (Å²) in [7, 11) is 4.65. The van der Waals surface area contributed by atoms with Crippen LogP contribution in [0.3, 0.4) is 0 Å². The second-order valence-corrected chi connectivity index (χ2v) is 9.58. The maximum absolute atomic E-state index is 13.3. The van der Waals surface area contributed by atoms with Crippen LogP contribution in [0.15, 0.2) is 78.9 Å². The van der Waals surface area contributed by atoms with Gasteiger partial charge in [0.05, 0.1) is 43.0 Å². The van der Waals surface area contributed by atoms with E-state index in [9.17, 15) is 9.59 Å². The van der Waals surface area contributed by atoms with Gasteiger partial charge in [-0.05, 0) is 35.0 Å². The molecule has 0 fully saturated rings. The van der Waals surface area contributed by atoms with Crippen LogP contribution in [0.4, 0.5) is 5.13 Å². The van der Waals surface area contributed by atoms with E-state index in [1.54, 1.807) is 45.6 Å². The van der Waals surface area contributed by atoms with Crippen LogP contribution in [0.1, 0.15) is 20.7 Å². The number of hydrogen-bond donors (Lipinski definition) is 0. The molecule has 0 unspecified atom stereocenters. The second-order valence-electron chi connectivity index (χ2n) is 8.61. The Morgan fingerprint density at radius 2 is 1.29 bits per heavy atom. The molecule has 1 aliphatic heterocycles. The maximum atomic E-state index is 13.3. The molecule has 0 radical (unpaired) electrons. The van der Waals surface area contributed by atoms with Gasteiger partial charge in [0.25, 0.3) is 11.8 Å².